The first kappa shape index (κ1) is 15.5. The number of hydrogen-bond acceptors (Lipinski definition) is 6. The van der Waals surface area contributed by atoms with Crippen LogP contribution < -0.4 is 18.9 Å². The minimum atomic E-state index is -0.166. The molecule has 6 nitrogen and oxygen atoms in total. The Balaban J connectivity index is 1.33. The first-order valence-electron chi connectivity index (χ1n) is 8.67. The molecule has 1 saturated heterocycles. The van der Waals surface area contributed by atoms with Crippen molar-refractivity contribution in [1.29, 1.82) is 0 Å². The zero-order valence-corrected chi connectivity index (χ0v) is 14.1. The van der Waals surface area contributed by atoms with Gasteiger partial charge in [-0.15, -0.1) is 0 Å². The van der Waals surface area contributed by atoms with Crippen molar-refractivity contribution >= 4 is 5.78 Å². The van der Waals surface area contributed by atoms with Gasteiger partial charge in [-0.3, -0.25) is 4.79 Å². The summed E-state index contributed by atoms with van der Waals surface area (Å²) in [6.07, 6.45) is 1.15. The van der Waals surface area contributed by atoms with Gasteiger partial charge in [0, 0.05) is 0 Å². The third-order valence-electron chi connectivity index (χ3n) is 5.07. The van der Waals surface area contributed by atoms with Crippen LogP contribution in [-0.2, 0) is 22.4 Å². The molecule has 0 aliphatic carbocycles. The van der Waals surface area contributed by atoms with E-state index in [2.05, 4.69) is 0 Å². The van der Waals surface area contributed by atoms with Crippen LogP contribution in [0, 0.1) is 5.92 Å². The Hall–Kier alpha value is -2.73. The molecule has 1 fully saturated rings. The fraction of sp³-hybridized carbons (Fsp3) is 0.350. The van der Waals surface area contributed by atoms with Gasteiger partial charge in [0.05, 0.1) is 12.0 Å². The summed E-state index contributed by atoms with van der Waals surface area (Å²) in [7, 11) is 0. The summed E-state index contributed by atoms with van der Waals surface area (Å²) >= 11 is 0. The number of rotatable bonds is 4. The van der Waals surface area contributed by atoms with Gasteiger partial charge in [-0.1, -0.05) is 12.1 Å². The van der Waals surface area contributed by atoms with Crippen LogP contribution in [0.4, 0.5) is 0 Å². The molecule has 3 aliphatic heterocycles. The molecule has 0 aromatic heterocycles. The number of carbonyl (C=O) groups is 1. The van der Waals surface area contributed by atoms with E-state index in [1.165, 1.54) is 0 Å². The molecule has 6 heteroatoms. The third kappa shape index (κ3) is 2.76. The van der Waals surface area contributed by atoms with Crippen LogP contribution in [0.3, 0.4) is 0 Å². The van der Waals surface area contributed by atoms with Gasteiger partial charge in [-0.05, 0) is 48.2 Å². The lowest BCUT2D eigenvalue weighted by Crippen LogP contribution is -2.25. The van der Waals surface area contributed by atoms with Crippen LogP contribution >= 0.6 is 0 Å². The van der Waals surface area contributed by atoms with Gasteiger partial charge in [0.2, 0.25) is 13.6 Å². The van der Waals surface area contributed by atoms with E-state index in [0.717, 1.165) is 34.1 Å². The van der Waals surface area contributed by atoms with Crippen LogP contribution in [0.1, 0.15) is 11.1 Å². The number of ketones is 1. The fourth-order valence-electron chi connectivity index (χ4n) is 3.69. The zero-order chi connectivity index (χ0) is 17.5. The second kappa shape index (κ2) is 6.21. The van der Waals surface area contributed by atoms with Gasteiger partial charge in [-0.2, -0.15) is 0 Å². The summed E-state index contributed by atoms with van der Waals surface area (Å²) < 4.78 is 27.3. The summed E-state index contributed by atoms with van der Waals surface area (Å²) in [6, 6.07) is 11.7. The van der Waals surface area contributed by atoms with E-state index in [1.54, 1.807) is 0 Å². The molecule has 0 bridgehead atoms. The van der Waals surface area contributed by atoms with Crippen molar-refractivity contribution in [1.82, 2.24) is 0 Å². The number of benzene rings is 2. The number of Topliss-reactive ketones (excluding diaryl/α,β-unsaturated/α-hetero) is 1. The van der Waals surface area contributed by atoms with Crippen LogP contribution in [-0.4, -0.2) is 32.1 Å². The first-order chi connectivity index (χ1) is 12.8. The maximum Gasteiger partial charge on any atom is 0.231 e. The largest absolute Gasteiger partial charge is 0.454 e. The molecular weight excluding hydrogens is 336 g/mol. The number of hydrogen-bond donors (Lipinski definition) is 0. The highest BCUT2D eigenvalue weighted by atomic mass is 16.7. The predicted octanol–water partition coefficient (Wildman–Crippen LogP) is 2.51. The summed E-state index contributed by atoms with van der Waals surface area (Å²) in [5, 5.41) is 0. The molecule has 2 unspecified atom stereocenters. The van der Waals surface area contributed by atoms with E-state index >= 15 is 0 Å². The number of carbonyl (C=O) groups excluding carboxylic acids is 1. The molecule has 5 rings (SSSR count). The second-order valence-corrected chi connectivity index (χ2v) is 6.71. The molecule has 134 valence electrons. The minimum absolute atomic E-state index is 0.145. The van der Waals surface area contributed by atoms with Gasteiger partial charge in [-0.25, -0.2) is 0 Å². The summed E-state index contributed by atoms with van der Waals surface area (Å²) in [5.41, 5.74) is 2.12. The molecule has 2 atom stereocenters. The Morgan fingerprint density at radius 2 is 1.35 bits per heavy atom. The van der Waals surface area contributed by atoms with E-state index in [0.29, 0.717) is 12.8 Å². The molecular formula is C20H18O6. The van der Waals surface area contributed by atoms with Gasteiger partial charge in [0.1, 0.15) is 6.61 Å². The van der Waals surface area contributed by atoms with Crippen LogP contribution in [0.25, 0.3) is 0 Å². The summed E-state index contributed by atoms with van der Waals surface area (Å²) in [4.78, 5) is 12.4. The van der Waals surface area contributed by atoms with E-state index in [4.69, 9.17) is 23.7 Å². The molecule has 0 radical (unpaired) electrons. The van der Waals surface area contributed by atoms with Crippen LogP contribution in [0.5, 0.6) is 23.0 Å². The smallest absolute Gasteiger partial charge is 0.231 e. The normalized spacial score (nSPS) is 22.8. The Kier molecular flexibility index (Phi) is 3.71. The second-order valence-electron chi connectivity index (χ2n) is 6.71. The topological polar surface area (TPSA) is 63.2 Å². The Bertz CT molecular complexity index is 861. The standard InChI is InChI=1S/C20H18O6/c21-15-9-22-18(6-13-2-4-17-20(8-13)26-11-24-17)14(15)5-12-1-3-16-19(7-12)25-10-23-16/h1-4,7-8,14,18H,5-6,9-11H2. The van der Waals surface area contributed by atoms with E-state index in [1.807, 2.05) is 36.4 Å². The van der Waals surface area contributed by atoms with Crippen molar-refractivity contribution in [3.05, 3.63) is 47.5 Å². The van der Waals surface area contributed by atoms with Gasteiger partial charge >= 0.3 is 0 Å². The quantitative estimate of drug-likeness (QED) is 0.841. The lowest BCUT2D eigenvalue weighted by atomic mass is 9.89. The minimum Gasteiger partial charge on any atom is -0.454 e. The molecule has 2 aromatic carbocycles. The van der Waals surface area contributed by atoms with E-state index in [9.17, 15) is 4.79 Å². The molecule has 3 aliphatic rings. The lowest BCUT2D eigenvalue weighted by molar-refractivity contribution is -0.120. The molecule has 0 amide bonds. The summed E-state index contributed by atoms with van der Waals surface area (Å²) in [6.45, 7) is 0.672. The molecule has 2 aromatic rings. The first-order valence-corrected chi connectivity index (χ1v) is 8.67. The number of ether oxygens (including phenoxy) is 5. The van der Waals surface area contributed by atoms with Crippen LogP contribution in [0.2, 0.25) is 0 Å². The average molecular weight is 354 g/mol. The van der Waals surface area contributed by atoms with Crippen molar-refractivity contribution in [2.75, 3.05) is 20.2 Å². The Morgan fingerprint density at radius 1 is 0.769 bits per heavy atom. The Morgan fingerprint density at radius 3 is 2.00 bits per heavy atom. The third-order valence-corrected chi connectivity index (χ3v) is 5.07. The highest BCUT2D eigenvalue weighted by Gasteiger charge is 2.36. The zero-order valence-electron chi connectivity index (χ0n) is 14.1. The van der Waals surface area contributed by atoms with Crippen LogP contribution in [0.15, 0.2) is 36.4 Å². The molecule has 26 heavy (non-hydrogen) atoms. The van der Waals surface area contributed by atoms with Crippen molar-refractivity contribution in [3.8, 4) is 23.0 Å². The highest BCUT2D eigenvalue weighted by Crippen LogP contribution is 2.36. The fourth-order valence-corrected chi connectivity index (χ4v) is 3.69. The average Bonchev–Trinajstić information content (AvgIpc) is 3.37. The van der Waals surface area contributed by atoms with Gasteiger partial charge in [0.25, 0.3) is 0 Å². The predicted molar refractivity (Wildman–Crippen MR) is 90.8 cm³/mol. The maximum atomic E-state index is 12.4. The van der Waals surface area contributed by atoms with Crippen molar-refractivity contribution in [2.24, 2.45) is 5.92 Å². The SMILES string of the molecule is O=C1COC(Cc2ccc3c(c2)OCO3)C1Cc1ccc2c(c1)OCO2. The number of fused-ring (bicyclic) bond motifs is 2. The van der Waals surface area contributed by atoms with E-state index < -0.39 is 0 Å². The van der Waals surface area contributed by atoms with Crippen molar-refractivity contribution in [2.45, 2.75) is 18.9 Å². The maximum absolute atomic E-state index is 12.4. The summed E-state index contributed by atoms with van der Waals surface area (Å²) in [5.74, 6) is 2.98. The van der Waals surface area contributed by atoms with E-state index in [-0.39, 0.29) is 38.0 Å². The Labute approximate surface area is 150 Å². The molecule has 0 saturated carbocycles. The lowest BCUT2D eigenvalue weighted by Gasteiger charge is -2.18. The monoisotopic (exact) mass is 354 g/mol. The van der Waals surface area contributed by atoms with Gasteiger partial charge < -0.3 is 23.7 Å². The van der Waals surface area contributed by atoms with Crippen molar-refractivity contribution < 1.29 is 28.5 Å². The molecule has 0 N–H and O–H groups in total. The highest BCUT2D eigenvalue weighted by molar-refractivity contribution is 5.84. The molecule has 0 spiro atoms. The van der Waals surface area contributed by atoms with Crippen molar-refractivity contribution in [3.63, 3.8) is 0 Å². The van der Waals surface area contributed by atoms with Gasteiger partial charge in [0.15, 0.2) is 28.8 Å². The molecule has 3 heterocycles.